The molecule has 0 saturated heterocycles. The zero-order valence-electron chi connectivity index (χ0n) is 10.3. The van der Waals surface area contributed by atoms with Crippen LogP contribution in [0.15, 0.2) is 71.8 Å². The quantitative estimate of drug-likeness (QED) is 0.808. The van der Waals surface area contributed by atoms with Crippen molar-refractivity contribution in [2.24, 2.45) is 4.99 Å². The maximum Gasteiger partial charge on any atom is 0.116 e. The molecule has 1 N–H and O–H groups in total. The highest BCUT2D eigenvalue weighted by atomic mass is 16.3. The lowest BCUT2D eigenvalue weighted by atomic mass is 10.1. The number of phenols is 1. The van der Waals surface area contributed by atoms with E-state index in [0.29, 0.717) is 0 Å². The SMILES string of the molecule is Oc1ccc2c(c1)C=CC=CC(c1ccccc1)=N2. The van der Waals surface area contributed by atoms with Crippen LogP contribution in [-0.2, 0) is 0 Å². The van der Waals surface area contributed by atoms with Gasteiger partial charge in [-0.05, 0) is 24.3 Å². The van der Waals surface area contributed by atoms with Gasteiger partial charge < -0.3 is 5.11 Å². The minimum atomic E-state index is 0.254. The van der Waals surface area contributed by atoms with E-state index in [-0.39, 0.29) is 5.75 Å². The van der Waals surface area contributed by atoms with Crippen LogP contribution >= 0.6 is 0 Å². The van der Waals surface area contributed by atoms with Crippen LogP contribution in [0.3, 0.4) is 0 Å². The minimum absolute atomic E-state index is 0.254. The average Bonchev–Trinajstić information content (AvgIpc) is 2.42. The number of hydrogen-bond acceptors (Lipinski definition) is 2. The summed E-state index contributed by atoms with van der Waals surface area (Å²) in [5.74, 6) is 0.254. The third-order valence-corrected chi connectivity index (χ3v) is 2.96. The van der Waals surface area contributed by atoms with Crippen molar-refractivity contribution in [3.63, 3.8) is 0 Å². The van der Waals surface area contributed by atoms with E-state index in [4.69, 9.17) is 0 Å². The lowest BCUT2D eigenvalue weighted by molar-refractivity contribution is 0.475. The molecule has 0 aromatic heterocycles. The highest BCUT2D eigenvalue weighted by Gasteiger charge is 2.05. The van der Waals surface area contributed by atoms with Gasteiger partial charge in [0.25, 0.3) is 0 Å². The first-order valence-corrected chi connectivity index (χ1v) is 6.15. The zero-order chi connectivity index (χ0) is 13.1. The van der Waals surface area contributed by atoms with Crippen LogP contribution in [0.5, 0.6) is 5.75 Å². The summed E-state index contributed by atoms with van der Waals surface area (Å²) in [4.78, 5) is 4.68. The molecule has 19 heavy (non-hydrogen) atoms. The van der Waals surface area contributed by atoms with E-state index in [9.17, 15) is 5.11 Å². The fourth-order valence-electron chi connectivity index (χ4n) is 2.02. The standard InChI is InChI=1S/C17H13NO/c19-15-10-11-17-14(12-15)8-4-5-9-16(18-17)13-6-2-1-3-7-13/h1-12,19H. The molecule has 0 saturated carbocycles. The second-order valence-electron chi connectivity index (χ2n) is 4.32. The van der Waals surface area contributed by atoms with Gasteiger partial charge in [0.1, 0.15) is 5.75 Å². The molecule has 92 valence electrons. The molecule has 1 aliphatic rings. The molecular weight excluding hydrogens is 234 g/mol. The first-order valence-electron chi connectivity index (χ1n) is 6.15. The van der Waals surface area contributed by atoms with Crippen molar-refractivity contribution in [3.05, 3.63) is 77.9 Å². The molecule has 0 bridgehead atoms. The van der Waals surface area contributed by atoms with Crippen molar-refractivity contribution in [2.45, 2.75) is 0 Å². The number of phenolic OH excluding ortho intramolecular Hbond substituents is 1. The summed E-state index contributed by atoms with van der Waals surface area (Å²) in [6.07, 6.45) is 7.84. The van der Waals surface area contributed by atoms with E-state index in [2.05, 4.69) is 4.99 Å². The maximum absolute atomic E-state index is 9.53. The second kappa shape index (κ2) is 4.94. The van der Waals surface area contributed by atoms with Crippen molar-refractivity contribution in [2.75, 3.05) is 0 Å². The van der Waals surface area contributed by atoms with Gasteiger partial charge in [-0.2, -0.15) is 0 Å². The molecule has 0 radical (unpaired) electrons. The van der Waals surface area contributed by atoms with E-state index < -0.39 is 0 Å². The molecule has 2 aromatic rings. The molecule has 0 unspecified atom stereocenters. The van der Waals surface area contributed by atoms with Crippen molar-refractivity contribution in [3.8, 4) is 5.75 Å². The topological polar surface area (TPSA) is 32.6 Å². The Hall–Kier alpha value is -2.61. The van der Waals surface area contributed by atoms with Gasteiger partial charge >= 0.3 is 0 Å². The van der Waals surface area contributed by atoms with E-state index in [1.165, 1.54) is 0 Å². The van der Waals surface area contributed by atoms with Crippen LogP contribution in [0.1, 0.15) is 11.1 Å². The molecule has 0 spiro atoms. The predicted octanol–water partition coefficient (Wildman–Crippen LogP) is 4.10. The van der Waals surface area contributed by atoms with E-state index in [1.54, 1.807) is 12.1 Å². The molecule has 0 fully saturated rings. The van der Waals surface area contributed by atoms with Crippen molar-refractivity contribution >= 4 is 17.5 Å². The number of aromatic hydroxyl groups is 1. The number of nitrogens with zero attached hydrogens (tertiary/aromatic N) is 1. The number of allylic oxidation sites excluding steroid dienone is 3. The van der Waals surface area contributed by atoms with Gasteiger partial charge in [-0.25, -0.2) is 4.99 Å². The Bertz CT molecular complexity index is 682. The maximum atomic E-state index is 9.53. The molecule has 0 aliphatic carbocycles. The van der Waals surface area contributed by atoms with Gasteiger partial charge in [0.2, 0.25) is 0 Å². The lowest BCUT2D eigenvalue weighted by Crippen LogP contribution is -1.96. The molecule has 1 heterocycles. The van der Waals surface area contributed by atoms with Gasteiger partial charge in [-0.15, -0.1) is 0 Å². The van der Waals surface area contributed by atoms with E-state index in [0.717, 1.165) is 22.5 Å². The smallest absolute Gasteiger partial charge is 0.116 e. The monoisotopic (exact) mass is 247 g/mol. The van der Waals surface area contributed by atoms with E-state index >= 15 is 0 Å². The average molecular weight is 247 g/mol. The first kappa shape index (κ1) is 11.5. The van der Waals surface area contributed by atoms with Crippen molar-refractivity contribution in [1.29, 1.82) is 0 Å². The third kappa shape index (κ3) is 2.47. The Balaban J connectivity index is 2.14. The summed E-state index contributed by atoms with van der Waals surface area (Å²) in [6.45, 7) is 0. The van der Waals surface area contributed by atoms with Crippen LogP contribution in [0, 0.1) is 0 Å². The van der Waals surface area contributed by atoms with Crippen LogP contribution in [0.25, 0.3) is 6.08 Å². The largest absolute Gasteiger partial charge is 0.508 e. The molecular formula is C17H13NO. The fraction of sp³-hybridized carbons (Fsp3) is 0. The summed E-state index contributed by atoms with van der Waals surface area (Å²) in [5.41, 5.74) is 3.76. The molecule has 0 amide bonds. The molecule has 0 atom stereocenters. The second-order valence-corrected chi connectivity index (χ2v) is 4.32. The highest BCUT2D eigenvalue weighted by Crippen LogP contribution is 2.27. The zero-order valence-corrected chi connectivity index (χ0v) is 10.3. The summed E-state index contributed by atoms with van der Waals surface area (Å²) < 4.78 is 0. The number of rotatable bonds is 1. The summed E-state index contributed by atoms with van der Waals surface area (Å²) >= 11 is 0. The highest BCUT2D eigenvalue weighted by molar-refractivity contribution is 6.10. The lowest BCUT2D eigenvalue weighted by Gasteiger charge is -2.07. The Morgan fingerprint density at radius 1 is 0.842 bits per heavy atom. The Kier molecular flexibility index (Phi) is 2.99. The molecule has 2 aromatic carbocycles. The van der Waals surface area contributed by atoms with Crippen LogP contribution in [0.4, 0.5) is 5.69 Å². The van der Waals surface area contributed by atoms with Crippen molar-refractivity contribution in [1.82, 2.24) is 0 Å². The van der Waals surface area contributed by atoms with E-state index in [1.807, 2.05) is 60.7 Å². The summed E-state index contributed by atoms with van der Waals surface area (Å²) in [7, 11) is 0. The van der Waals surface area contributed by atoms with Gasteiger partial charge in [0.15, 0.2) is 0 Å². The first-order chi connectivity index (χ1) is 9.33. The number of fused-ring (bicyclic) bond motifs is 1. The van der Waals surface area contributed by atoms with Crippen LogP contribution in [0.2, 0.25) is 0 Å². The normalized spacial score (nSPS) is 13.4. The van der Waals surface area contributed by atoms with Gasteiger partial charge in [-0.3, -0.25) is 0 Å². The molecule has 1 aliphatic heterocycles. The Labute approximate surface area is 112 Å². The number of benzene rings is 2. The van der Waals surface area contributed by atoms with Crippen LogP contribution < -0.4 is 0 Å². The molecule has 3 rings (SSSR count). The van der Waals surface area contributed by atoms with Crippen LogP contribution in [-0.4, -0.2) is 10.8 Å². The molecule has 2 nitrogen and oxygen atoms in total. The minimum Gasteiger partial charge on any atom is -0.508 e. The van der Waals surface area contributed by atoms with Gasteiger partial charge in [0.05, 0.1) is 11.4 Å². The third-order valence-electron chi connectivity index (χ3n) is 2.96. The summed E-state index contributed by atoms with van der Waals surface area (Å²) in [5, 5.41) is 9.53. The fourth-order valence-corrected chi connectivity index (χ4v) is 2.02. The Morgan fingerprint density at radius 2 is 1.63 bits per heavy atom. The predicted molar refractivity (Wildman–Crippen MR) is 78.9 cm³/mol. The van der Waals surface area contributed by atoms with Crippen molar-refractivity contribution < 1.29 is 5.11 Å². The Morgan fingerprint density at radius 3 is 2.47 bits per heavy atom. The number of aliphatic imine (C=N–C) groups is 1. The summed E-state index contributed by atoms with van der Waals surface area (Å²) in [6, 6.07) is 15.3. The molecule has 2 heteroatoms. The van der Waals surface area contributed by atoms with Gasteiger partial charge in [-0.1, -0.05) is 48.6 Å². The van der Waals surface area contributed by atoms with Gasteiger partial charge in [0, 0.05) is 11.1 Å². The number of hydrogen-bond donors (Lipinski definition) is 1.